The van der Waals surface area contributed by atoms with Crippen molar-refractivity contribution in [1.82, 2.24) is 15.5 Å². The molecule has 98 valence electrons. The number of nitrogens with zero attached hydrogens (tertiary/aromatic N) is 1. The van der Waals surface area contributed by atoms with E-state index in [2.05, 4.69) is 10.6 Å². The summed E-state index contributed by atoms with van der Waals surface area (Å²) in [6, 6.07) is -1.27. The van der Waals surface area contributed by atoms with E-state index in [4.69, 9.17) is 5.11 Å². The van der Waals surface area contributed by atoms with Gasteiger partial charge in [-0.25, -0.2) is 4.79 Å². The third-order valence-electron chi connectivity index (χ3n) is 2.24. The Kier molecular flexibility index (Phi) is 6.88. The summed E-state index contributed by atoms with van der Waals surface area (Å²) in [6.45, 7) is 3.71. The summed E-state index contributed by atoms with van der Waals surface area (Å²) >= 11 is 0. The standard InChI is InChI=1S/C10H19N3O4/c1-4-5-13(6-8(14)15)7(2)9(16)12-10(17)11-3/h7H,4-6H2,1-3H3,(H,14,15)(H2,11,12,16,17). The Labute approximate surface area is 100 Å². The molecule has 1 atom stereocenters. The predicted octanol–water partition coefficient (Wildman–Crippen LogP) is -0.373. The number of aliphatic carboxylic acids is 1. The fraction of sp³-hybridized carbons (Fsp3) is 0.700. The van der Waals surface area contributed by atoms with Crippen LogP contribution in [0.15, 0.2) is 0 Å². The van der Waals surface area contributed by atoms with Crippen LogP contribution in [0.5, 0.6) is 0 Å². The molecule has 0 aliphatic carbocycles. The van der Waals surface area contributed by atoms with Crippen molar-refractivity contribution < 1.29 is 19.5 Å². The van der Waals surface area contributed by atoms with Crippen molar-refractivity contribution in [3.05, 3.63) is 0 Å². The highest BCUT2D eigenvalue weighted by Crippen LogP contribution is 2.00. The first-order valence-corrected chi connectivity index (χ1v) is 5.40. The zero-order valence-electron chi connectivity index (χ0n) is 10.3. The maximum atomic E-state index is 11.6. The van der Waals surface area contributed by atoms with E-state index in [1.54, 1.807) is 6.92 Å². The molecule has 0 spiro atoms. The van der Waals surface area contributed by atoms with Crippen LogP contribution in [-0.2, 0) is 9.59 Å². The Balaban J connectivity index is 4.47. The maximum Gasteiger partial charge on any atom is 0.321 e. The van der Waals surface area contributed by atoms with E-state index in [1.807, 2.05) is 6.92 Å². The molecule has 3 N–H and O–H groups in total. The third kappa shape index (κ3) is 5.86. The Bertz CT molecular complexity index is 293. The molecule has 0 saturated carbocycles. The lowest BCUT2D eigenvalue weighted by atomic mass is 10.2. The number of urea groups is 1. The summed E-state index contributed by atoms with van der Waals surface area (Å²) in [4.78, 5) is 34.7. The zero-order chi connectivity index (χ0) is 13.4. The number of carboxylic acid groups (broad SMARTS) is 1. The fourth-order valence-corrected chi connectivity index (χ4v) is 1.32. The van der Waals surface area contributed by atoms with Gasteiger partial charge in [0.05, 0.1) is 12.6 Å². The largest absolute Gasteiger partial charge is 0.480 e. The smallest absolute Gasteiger partial charge is 0.321 e. The minimum absolute atomic E-state index is 0.226. The van der Waals surface area contributed by atoms with Gasteiger partial charge in [0.2, 0.25) is 5.91 Å². The van der Waals surface area contributed by atoms with Crippen LogP contribution in [0, 0.1) is 0 Å². The van der Waals surface area contributed by atoms with Gasteiger partial charge in [0.1, 0.15) is 0 Å². The van der Waals surface area contributed by atoms with Gasteiger partial charge >= 0.3 is 12.0 Å². The second-order valence-corrected chi connectivity index (χ2v) is 3.61. The molecular weight excluding hydrogens is 226 g/mol. The monoisotopic (exact) mass is 245 g/mol. The fourth-order valence-electron chi connectivity index (χ4n) is 1.32. The van der Waals surface area contributed by atoms with Crippen LogP contribution in [0.4, 0.5) is 4.79 Å². The summed E-state index contributed by atoms with van der Waals surface area (Å²) in [5.41, 5.74) is 0. The van der Waals surface area contributed by atoms with E-state index < -0.39 is 23.9 Å². The first-order chi connectivity index (χ1) is 7.92. The van der Waals surface area contributed by atoms with E-state index in [-0.39, 0.29) is 6.54 Å². The van der Waals surface area contributed by atoms with E-state index >= 15 is 0 Å². The van der Waals surface area contributed by atoms with Gasteiger partial charge in [-0.3, -0.25) is 19.8 Å². The molecule has 0 bridgehead atoms. The van der Waals surface area contributed by atoms with Gasteiger partial charge in [-0.1, -0.05) is 6.92 Å². The number of carbonyl (C=O) groups is 3. The van der Waals surface area contributed by atoms with E-state index in [0.29, 0.717) is 6.54 Å². The van der Waals surface area contributed by atoms with Crippen LogP contribution in [0.2, 0.25) is 0 Å². The molecule has 17 heavy (non-hydrogen) atoms. The normalized spacial score (nSPS) is 12.0. The van der Waals surface area contributed by atoms with Gasteiger partial charge in [-0.05, 0) is 19.9 Å². The summed E-state index contributed by atoms with van der Waals surface area (Å²) in [6.07, 6.45) is 0.727. The van der Waals surface area contributed by atoms with Crippen LogP contribution in [-0.4, -0.2) is 54.1 Å². The number of rotatable bonds is 6. The Morgan fingerprint density at radius 3 is 2.35 bits per heavy atom. The lowest BCUT2D eigenvalue weighted by molar-refractivity contribution is -0.139. The zero-order valence-corrected chi connectivity index (χ0v) is 10.3. The minimum atomic E-state index is -1.00. The topological polar surface area (TPSA) is 98.7 Å². The van der Waals surface area contributed by atoms with E-state index in [9.17, 15) is 14.4 Å². The number of imide groups is 1. The number of hydrogen-bond donors (Lipinski definition) is 3. The van der Waals surface area contributed by atoms with Crippen molar-refractivity contribution in [3.8, 4) is 0 Å². The molecule has 0 aromatic carbocycles. The molecule has 7 nitrogen and oxygen atoms in total. The Morgan fingerprint density at radius 1 is 1.35 bits per heavy atom. The van der Waals surface area contributed by atoms with Crippen LogP contribution >= 0.6 is 0 Å². The Hall–Kier alpha value is -1.63. The molecule has 0 aromatic heterocycles. The summed E-state index contributed by atoms with van der Waals surface area (Å²) in [7, 11) is 1.40. The van der Waals surface area contributed by atoms with Gasteiger partial charge < -0.3 is 10.4 Å². The van der Waals surface area contributed by atoms with Crippen molar-refractivity contribution in [3.63, 3.8) is 0 Å². The molecule has 0 aliphatic rings. The van der Waals surface area contributed by atoms with Gasteiger partial charge in [0, 0.05) is 7.05 Å². The Morgan fingerprint density at radius 2 is 1.94 bits per heavy atom. The molecule has 1 unspecified atom stereocenters. The molecule has 0 heterocycles. The first kappa shape index (κ1) is 15.4. The van der Waals surface area contributed by atoms with Crippen LogP contribution in [0.25, 0.3) is 0 Å². The van der Waals surface area contributed by atoms with Gasteiger partial charge in [-0.15, -0.1) is 0 Å². The van der Waals surface area contributed by atoms with Gasteiger partial charge in [0.25, 0.3) is 0 Å². The summed E-state index contributed by atoms with van der Waals surface area (Å²) in [5, 5.41) is 13.1. The van der Waals surface area contributed by atoms with Crippen molar-refractivity contribution >= 4 is 17.9 Å². The SMILES string of the molecule is CCCN(CC(=O)O)C(C)C(=O)NC(=O)NC. The van der Waals surface area contributed by atoms with E-state index in [0.717, 1.165) is 6.42 Å². The average molecular weight is 245 g/mol. The van der Waals surface area contributed by atoms with Crippen LogP contribution < -0.4 is 10.6 Å². The molecule has 0 rings (SSSR count). The lowest BCUT2D eigenvalue weighted by Gasteiger charge is -2.25. The highest BCUT2D eigenvalue weighted by molar-refractivity contribution is 5.96. The quantitative estimate of drug-likeness (QED) is 0.593. The van der Waals surface area contributed by atoms with Crippen molar-refractivity contribution in [2.75, 3.05) is 20.1 Å². The van der Waals surface area contributed by atoms with Gasteiger partial charge in [-0.2, -0.15) is 0 Å². The number of amides is 3. The van der Waals surface area contributed by atoms with Crippen molar-refractivity contribution in [1.29, 1.82) is 0 Å². The van der Waals surface area contributed by atoms with Gasteiger partial charge in [0.15, 0.2) is 0 Å². The summed E-state index contributed by atoms with van der Waals surface area (Å²) < 4.78 is 0. The number of carbonyl (C=O) groups excluding carboxylic acids is 2. The lowest BCUT2D eigenvalue weighted by Crippen LogP contribution is -2.50. The second kappa shape index (κ2) is 7.61. The maximum absolute atomic E-state index is 11.6. The molecule has 0 fully saturated rings. The highest BCUT2D eigenvalue weighted by Gasteiger charge is 2.23. The van der Waals surface area contributed by atoms with Crippen molar-refractivity contribution in [2.45, 2.75) is 26.3 Å². The number of carboxylic acids is 1. The molecule has 0 aliphatic heterocycles. The molecule has 0 saturated heterocycles. The summed E-state index contributed by atoms with van der Waals surface area (Å²) in [5.74, 6) is -1.52. The minimum Gasteiger partial charge on any atom is -0.480 e. The van der Waals surface area contributed by atoms with Crippen LogP contribution in [0.3, 0.4) is 0 Å². The first-order valence-electron chi connectivity index (χ1n) is 5.40. The molecule has 3 amide bonds. The molecule has 7 heteroatoms. The molecule has 0 radical (unpaired) electrons. The molecule has 0 aromatic rings. The number of hydrogen-bond acceptors (Lipinski definition) is 4. The van der Waals surface area contributed by atoms with E-state index in [1.165, 1.54) is 11.9 Å². The average Bonchev–Trinajstić information content (AvgIpc) is 2.26. The van der Waals surface area contributed by atoms with Crippen LogP contribution in [0.1, 0.15) is 20.3 Å². The number of nitrogens with one attached hydrogen (secondary N) is 2. The highest BCUT2D eigenvalue weighted by atomic mass is 16.4. The second-order valence-electron chi connectivity index (χ2n) is 3.61. The molecular formula is C10H19N3O4. The van der Waals surface area contributed by atoms with Crippen molar-refractivity contribution in [2.24, 2.45) is 0 Å². The predicted molar refractivity (Wildman–Crippen MR) is 61.6 cm³/mol. The third-order valence-corrected chi connectivity index (χ3v) is 2.24.